The Morgan fingerprint density at radius 3 is 2.43 bits per heavy atom. The van der Waals surface area contributed by atoms with Crippen molar-refractivity contribution in [3.63, 3.8) is 0 Å². The molecule has 0 saturated carbocycles. The fourth-order valence-electron chi connectivity index (χ4n) is 2.73. The number of nitro groups is 1. The van der Waals surface area contributed by atoms with Gasteiger partial charge in [0.15, 0.2) is 23.4 Å². The maximum absolute atomic E-state index is 12.5. The minimum atomic E-state index is -1.26. The number of anilines is 1. The minimum Gasteiger partial charge on any atom is -0.486 e. The maximum Gasteiger partial charge on any atom is 0.346 e. The third-order valence-electron chi connectivity index (χ3n) is 4.27. The average Bonchev–Trinajstić information content (AvgIpc) is 2.72. The summed E-state index contributed by atoms with van der Waals surface area (Å²) in [5.41, 5.74) is -0.126. The predicted octanol–water partition coefficient (Wildman–Crippen LogP) is 2.75. The molecule has 10 nitrogen and oxygen atoms in total. The number of fused-ring (bicyclic) bond motifs is 1. The molecule has 1 aliphatic heterocycles. The number of benzene rings is 2. The Morgan fingerprint density at radius 2 is 1.80 bits per heavy atom. The molecule has 0 saturated heterocycles. The monoisotopic (exact) mass is 414 g/mol. The molecule has 3 rings (SSSR count). The van der Waals surface area contributed by atoms with Crippen LogP contribution in [-0.2, 0) is 9.53 Å². The SMILES string of the molecule is CC(=O)c1cccc(NC(=O)[C@H](C)OC(=O)c2cc3c(cc2[N+](=O)[O-])OCCO3)c1. The van der Waals surface area contributed by atoms with Gasteiger partial charge in [0.1, 0.15) is 18.8 Å². The van der Waals surface area contributed by atoms with Crippen molar-refractivity contribution < 1.29 is 33.5 Å². The highest BCUT2D eigenvalue weighted by atomic mass is 16.6. The van der Waals surface area contributed by atoms with E-state index >= 15 is 0 Å². The first-order valence-corrected chi connectivity index (χ1v) is 8.97. The number of nitrogens with zero attached hydrogens (tertiary/aromatic N) is 1. The van der Waals surface area contributed by atoms with Gasteiger partial charge in [-0.2, -0.15) is 0 Å². The van der Waals surface area contributed by atoms with Gasteiger partial charge in [-0.25, -0.2) is 4.79 Å². The molecule has 1 aliphatic rings. The summed E-state index contributed by atoms with van der Waals surface area (Å²) in [6.45, 7) is 3.19. The first-order valence-electron chi connectivity index (χ1n) is 8.97. The molecule has 1 atom stereocenters. The van der Waals surface area contributed by atoms with Gasteiger partial charge in [0.25, 0.3) is 11.6 Å². The molecular weight excluding hydrogens is 396 g/mol. The normalized spacial score (nSPS) is 13.1. The predicted molar refractivity (Wildman–Crippen MR) is 104 cm³/mol. The van der Waals surface area contributed by atoms with Gasteiger partial charge in [0.05, 0.1) is 11.0 Å². The zero-order valence-corrected chi connectivity index (χ0v) is 16.2. The summed E-state index contributed by atoms with van der Waals surface area (Å²) in [6.07, 6.45) is -1.26. The summed E-state index contributed by atoms with van der Waals surface area (Å²) < 4.78 is 15.8. The van der Waals surface area contributed by atoms with Crippen LogP contribution in [0.25, 0.3) is 0 Å². The number of hydrogen-bond acceptors (Lipinski definition) is 8. The second kappa shape index (κ2) is 8.60. The molecule has 0 aromatic heterocycles. The number of nitrogens with one attached hydrogen (secondary N) is 1. The Morgan fingerprint density at radius 1 is 1.13 bits per heavy atom. The zero-order chi connectivity index (χ0) is 21.8. The highest BCUT2D eigenvalue weighted by molar-refractivity contribution is 6.00. The number of hydrogen-bond donors (Lipinski definition) is 1. The summed E-state index contributed by atoms with van der Waals surface area (Å²) in [5.74, 6) is -1.56. The van der Waals surface area contributed by atoms with Crippen molar-refractivity contribution in [1.29, 1.82) is 0 Å². The number of Topliss-reactive ketones (excluding diaryl/α,β-unsaturated/α-hetero) is 1. The van der Waals surface area contributed by atoms with E-state index in [4.69, 9.17) is 14.2 Å². The highest BCUT2D eigenvalue weighted by Crippen LogP contribution is 2.37. The Bertz CT molecular complexity index is 1030. The van der Waals surface area contributed by atoms with Gasteiger partial charge in [-0.3, -0.25) is 19.7 Å². The Hall–Kier alpha value is -3.95. The summed E-state index contributed by atoms with van der Waals surface area (Å²) in [5, 5.41) is 13.9. The van der Waals surface area contributed by atoms with Gasteiger partial charge in [0, 0.05) is 17.3 Å². The third-order valence-corrected chi connectivity index (χ3v) is 4.27. The van der Waals surface area contributed by atoms with E-state index in [-0.39, 0.29) is 36.1 Å². The fourth-order valence-corrected chi connectivity index (χ4v) is 2.73. The molecule has 0 fully saturated rings. The van der Waals surface area contributed by atoms with E-state index in [0.29, 0.717) is 11.3 Å². The fraction of sp³-hybridized carbons (Fsp3) is 0.250. The quantitative estimate of drug-likeness (QED) is 0.330. The number of esters is 1. The molecule has 0 aliphatic carbocycles. The second-order valence-corrected chi connectivity index (χ2v) is 6.44. The van der Waals surface area contributed by atoms with Crippen molar-refractivity contribution in [2.45, 2.75) is 20.0 Å². The van der Waals surface area contributed by atoms with Crippen LogP contribution in [0.1, 0.15) is 34.6 Å². The van der Waals surface area contributed by atoms with Gasteiger partial charge in [-0.1, -0.05) is 12.1 Å². The summed E-state index contributed by atoms with van der Waals surface area (Å²) in [7, 11) is 0. The van der Waals surface area contributed by atoms with Crippen molar-refractivity contribution in [2.75, 3.05) is 18.5 Å². The third kappa shape index (κ3) is 4.54. The van der Waals surface area contributed by atoms with Crippen LogP contribution >= 0.6 is 0 Å². The molecule has 10 heteroatoms. The van der Waals surface area contributed by atoms with E-state index in [1.54, 1.807) is 18.2 Å². The lowest BCUT2D eigenvalue weighted by atomic mass is 10.1. The van der Waals surface area contributed by atoms with Crippen molar-refractivity contribution in [3.8, 4) is 11.5 Å². The minimum absolute atomic E-state index is 0.153. The number of rotatable bonds is 6. The number of ether oxygens (including phenoxy) is 3. The van der Waals surface area contributed by atoms with Gasteiger partial charge in [0.2, 0.25) is 0 Å². The first kappa shape index (κ1) is 20.8. The van der Waals surface area contributed by atoms with Crippen molar-refractivity contribution in [1.82, 2.24) is 0 Å². The van der Waals surface area contributed by atoms with Crippen molar-refractivity contribution >= 4 is 29.0 Å². The number of nitro benzene ring substituents is 1. The van der Waals surface area contributed by atoms with Crippen LogP contribution < -0.4 is 14.8 Å². The Kier molecular flexibility index (Phi) is 5.95. The van der Waals surface area contributed by atoms with Gasteiger partial charge < -0.3 is 19.5 Å². The van der Waals surface area contributed by atoms with Gasteiger partial charge in [-0.15, -0.1) is 0 Å². The number of amides is 1. The molecule has 2 aromatic rings. The molecule has 30 heavy (non-hydrogen) atoms. The molecule has 0 bridgehead atoms. The first-order chi connectivity index (χ1) is 14.3. The van der Waals surface area contributed by atoms with Crippen LogP contribution in [0, 0.1) is 10.1 Å². The molecular formula is C20H18N2O8. The van der Waals surface area contributed by atoms with E-state index in [9.17, 15) is 24.5 Å². The molecule has 0 radical (unpaired) electrons. The van der Waals surface area contributed by atoms with E-state index in [1.165, 1.54) is 19.9 Å². The summed E-state index contributed by atoms with van der Waals surface area (Å²) in [4.78, 5) is 46.9. The Labute approximate surface area is 170 Å². The van der Waals surface area contributed by atoms with Crippen LogP contribution in [-0.4, -0.2) is 41.9 Å². The molecule has 1 N–H and O–H groups in total. The summed E-state index contributed by atoms with van der Waals surface area (Å²) in [6, 6.07) is 8.51. The maximum atomic E-state index is 12.5. The molecule has 0 unspecified atom stereocenters. The van der Waals surface area contributed by atoms with Crippen LogP contribution in [0.5, 0.6) is 11.5 Å². The van der Waals surface area contributed by atoms with Crippen molar-refractivity contribution in [2.24, 2.45) is 0 Å². The molecule has 1 heterocycles. The second-order valence-electron chi connectivity index (χ2n) is 6.44. The lowest BCUT2D eigenvalue weighted by molar-refractivity contribution is -0.385. The average molecular weight is 414 g/mol. The number of ketones is 1. The number of carbonyl (C=O) groups is 3. The number of carbonyl (C=O) groups excluding carboxylic acids is 3. The topological polar surface area (TPSA) is 134 Å². The lowest BCUT2D eigenvalue weighted by Gasteiger charge is -2.19. The summed E-state index contributed by atoms with van der Waals surface area (Å²) >= 11 is 0. The smallest absolute Gasteiger partial charge is 0.346 e. The van der Waals surface area contributed by atoms with Crippen LogP contribution in [0.4, 0.5) is 11.4 Å². The standard InChI is InChI=1S/C20H18N2O8/c1-11(23)13-4-3-5-14(8-13)21-19(24)12(2)30-20(25)15-9-17-18(29-7-6-28-17)10-16(15)22(26)27/h3-5,8-10,12H,6-7H2,1-2H3,(H,21,24)/t12-/m0/s1. The van der Waals surface area contributed by atoms with E-state index in [1.807, 2.05) is 0 Å². The van der Waals surface area contributed by atoms with Gasteiger partial charge in [-0.05, 0) is 26.0 Å². The van der Waals surface area contributed by atoms with Crippen LogP contribution in [0.15, 0.2) is 36.4 Å². The molecule has 2 aromatic carbocycles. The lowest BCUT2D eigenvalue weighted by Crippen LogP contribution is -2.30. The highest BCUT2D eigenvalue weighted by Gasteiger charge is 2.29. The van der Waals surface area contributed by atoms with Crippen molar-refractivity contribution in [3.05, 3.63) is 57.6 Å². The largest absolute Gasteiger partial charge is 0.486 e. The molecule has 1 amide bonds. The molecule has 156 valence electrons. The van der Waals surface area contributed by atoms with Gasteiger partial charge >= 0.3 is 5.97 Å². The van der Waals surface area contributed by atoms with Crippen LogP contribution in [0.3, 0.4) is 0 Å². The zero-order valence-electron chi connectivity index (χ0n) is 16.2. The van der Waals surface area contributed by atoms with E-state index in [2.05, 4.69) is 5.32 Å². The molecule has 0 spiro atoms. The van der Waals surface area contributed by atoms with Crippen LogP contribution in [0.2, 0.25) is 0 Å². The van der Waals surface area contributed by atoms with E-state index < -0.39 is 28.6 Å². The Balaban J connectivity index is 1.75. The van der Waals surface area contributed by atoms with E-state index in [0.717, 1.165) is 12.1 Å².